The summed E-state index contributed by atoms with van der Waals surface area (Å²) in [5.74, 6) is -1.12. The van der Waals surface area contributed by atoms with Gasteiger partial charge in [-0.25, -0.2) is 22.9 Å². The Bertz CT molecular complexity index is 1350. The number of pyridine rings is 1. The molecule has 11 heteroatoms. The zero-order valence-electron chi connectivity index (χ0n) is 20.3. The van der Waals surface area contributed by atoms with Gasteiger partial charge in [0.05, 0.1) is 26.0 Å². The average Bonchev–Trinajstić information content (AvgIpc) is 3.61. The highest BCUT2D eigenvalue weighted by atomic mass is 19.1. The third-order valence-electron chi connectivity index (χ3n) is 7.05. The number of carbonyl (C=O) groups excluding carboxylic acids is 1. The van der Waals surface area contributed by atoms with Gasteiger partial charge in [0.15, 0.2) is 11.6 Å². The van der Waals surface area contributed by atoms with E-state index < -0.39 is 17.7 Å². The molecule has 2 aliphatic heterocycles. The lowest BCUT2D eigenvalue weighted by molar-refractivity contribution is 0.0337. The Morgan fingerprint density at radius 3 is 2.58 bits per heavy atom. The average molecular weight is 527 g/mol. The van der Waals surface area contributed by atoms with Crippen LogP contribution in [0.4, 0.5) is 23.8 Å². The van der Waals surface area contributed by atoms with E-state index in [1.54, 1.807) is 24.3 Å². The van der Waals surface area contributed by atoms with Crippen molar-refractivity contribution in [3.05, 3.63) is 77.2 Å². The molecule has 38 heavy (non-hydrogen) atoms. The fraction of sp³-hybridized carbons (Fsp3) is 0.333. The van der Waals surface area contributed by atoms with Crippen LogP contribution in [0.15, 0.2) is 48.7 Å². The lowest BCUT2D eigenvalue weighted by Gasteiger charge is -2.26. The molecule has 8 nitrogen and oxygen atoms in total. The number of carbonyl (C=O) groups is 1. The van der Waals surface area contributed by atoms with Crippen molar-refractivity contribution >= 4 is 11.8 Å². The molecule has 198 valence electrons. The van der Waals surface area contributed by atoms with E-state index in [1.165, 1.54) is 12.3 Å². The van der Waals surface area contributed by atoms with Gasteiger partial charge in [-0.2, -0.15) is 0 Å². The molecule has 3 aromatic rings. The van der Waals surface area contributed by atoms with E-state index in [0.29, 0.717) is 36.8 Å². The molecule has 2 fully saturated rings. The van der Waals surface area contributed by atoms with Crippen molar-refractivity contribution in [1.82, 2.24) is 15.2 Å². The summed E-state index contributed by atoms with van der Waals surface area (Å²) in [6, 6.07) is 9.07. The molecular formula is C27H25F3N4O4. The number of urea groups is 1. The molecule has 3 aliphatic rings. The van der Waals surface area contributed by atoms with E-state index >= 15 is 0 Å². The predicted octanol–water partition coefficient (Wildman–Crippen LogP) is 4.42. The van der Waals surface area contributed by atoms with Gasteiger partial charge in [-0.1, -0.05) is 6.07 Å². The summed E-state index contributed by atoms with van der Waals surface area (Å²) in [5, 5.41) is 5.41. The van der Waals surface area contributed by atoms with Crippen molar-refractivity contribution in [2.45, 2.75) is 18.5 Å². The first-order chi connectivity index (χ1) is 18.5. The van der Waals surface area contributed by atoms with Gasteiger partial charge in [0, 0.05) is 54.7 Å². The molecule has 1 aliphatic carbocycles. The number of fused-ring (bicyclic) bond motifs is 3. The van der Waals surface area contributed by atoms with Gasteiger partial charge < -0.3 is 19.5 Å². The standard InChI is InChI=1S/C27H25F3N4O4/c28-19-4-5-20(29)26-24(19)23-18(14-37-26)25(23)33-27(35)32-22-6-3-17(12-31-22)38-16-2-1-15(21(30)11-16)13-34-7-9-36-10-8-34/h1-6,11-12,18,23,25H,7-10,13-14H2,(H2,31,32,33,35)/t18-,23+,25+/m0/s1. The fourth-order valence-electron chi connectivity index (χ4n) is 5.03. The third-order valence-corrected chi connectivity index (χ3v) is 7.05. The fourth-order valence-corrected chi connectivity index (χ4v) is 5.03. The van der Waals surface area contributed by atoms with Gasteiger partial charge in [0.1, 0.15) is 29.0 Å². The summed E-state index contributed by atoms with van der Waals surface area (Å²) in [6.45, 7) is 3.54. The van der Waals surface area contributed by atoms with Crippen molar-refractivity contribution in [3.8, 4) is 17.2 Å². The maximum absolute atomic E-state index is 14.6. The van der Waals surface area contributed by atoms with Crippen LogP contribution in [0.2, 0.25) is 0 Å². The molecule has 0 unspecified atom stereocenters. The second-order valence-electron chi connectivity index (χ2n) is 9.52. The second kappa shape index (κ2) is 10.1. The summed E-state index contributed by atoms with van der Waals surface area (Å²) in [4.78, 5) is 18.8. The third kappa shape index (κ3) is 4.99. The minimum absolute atomic E-state index is 0.0835. The van der Waals surface area contributed by atoms with Crippen molar-refractivity contribution < 1.29 is 32.2 Å². The number of ether oxygens (including phenoxy) is 3. The molecule has 2 aromatic carbocycles. The van der Waals surface area contributed by atoms with Gasteiger partial charge in [0.2, 0.25) is 0 Å². The van der Waals surface area contributed by atoms with E-state index in [9.17, 15) is 18.0 Å². The topological polar surface area (TPSA) is 85.0 Å². The van der Waals surface area contributed by atoms with Crippen LogP contribution in [0, 0.1) is 23.4 Å². The van der Waals surface area contributed by atoms with E-state index in [1.807, 2.05) is 0 Å². The molecule has 0 radical (unpaired) electrons. The van der Waals surface area contributed by atoms with Gasteiger partial charge in [-0.15, -0.1) is 0 Å². The van der Waals surface area contributed by atoms with Gasteiger partial charge >= 0.3 is 6.03 Å². The predicted molar refractivity (Wildman–Crippen MR) is 131 cm³/mol. The van der Waals surface area contributed by atoms with Gasteiger partial charge in [0.25, 0.3) is 0 Å². The lowest BCUT2D eigenvalue weighted by Crippen LogP contribution is -2.35. The maximum Gasteiger partial charge on any atom is 0.320 e. The number of hydrogen-bond acceptors (Lipinski definition) is 6. The van der Waals surface area contributed by atoms with Crippen molar-refractivity contribution in [3.63, 3.8) is 0 Å². The molecular weight excluding hydrogens is 501 g/mol. The summed E-state index contributed by atoms with van der Waals surface area (Å²) in [7, 11) is 0. The minimum Gasteiger partial charge on any atom is -0.490 e. The Labute approximate surface area is 216 Å². The Balaban J connectivity index is 1.03. The molecule has 3 heterocycles. The zero-order chi connectivity index (χ0) is 26.2. The second-order valence-corrected chi connectivity index (χ2v) is 9.52. The van der Waals surface area contributed by atoms with Crippen LogP contribution in [0.25, 0.3) is 0 Å². The number of amides is 2. The minimum atomic E-state index is -0.617. The molecule has 1 saturated heterocycles. The van der Waals surface area contributed by atoms with Crippen LogP contribution < -0.4 is 20.1 Å². The number of nitrogens with one attached hydrogen (secondary N) is 2. The van der Waals surface area contributed by atoms with Crippen molar-refractivity contribution in [1.29, 1.82) is 0 Å². The van der Waals surface area contributed by atoms with Crippen LogP contribution >= 0.6 is 0 Å². The Hall–Kier alpha value is -3.83. The normalized spacial score (nSPS) is 22.0. The quantitative estimate of drug-likeness (QED) is 0.495. The highest BCUT2D eigenvalue weighted by molar-refractivity contribution is 5.89. The molecule has 0 bridgehead atoms. The van der Waals surface area contributed by atoms with Crippen molar-refractivity contribution in [2.24, 2.45) is 5.92 Å². The smallest absolute Gasteiger partial charge is 0.320 e. The molecule has 3 atom stereocenters. The van der Waals surface area contributed by atoms with Crippen LogP contribution in [-0.4, -0.2) is 54.9 Å². The van der Waals surface area contributed by atoms with Gasteiger partial charge in [-0.05, 0) is 30.3 Å². The van der Waals surface area contributed by atoms with Crippen LogP contribution in [0.1, 0.15) is 17.0 Å². The molecule has 0 spiro atoms. The highest BCUT2D eigenvalue weighted by Gasteiger charge is 2.57. The lowest BCUT2D eigenvalue weighted by atomic mass is 10.0. The number of nitrogens with zero attached hydrogens (tertiary/aromatic N) is 2. The van der Waals surface area contributed by atoms with Crippen LogP contribution in [0.3, 0.4) is 0 Å². The van der Waals surface area contributed by atoms with Gasteiger partial charge in [-0.3, -0.25) is 10.2 Å². The first kappa shape index (κ1) is 24.5. The monoisotopic (exact) mass is 526 g/mol. The zero-order valence-corrected chi connectivity index (χ0v) is 20.3. The van der Waals surface area contributed by atoms with Crippen LogP contribution in [-0.2, 0) is 11.3 Å². The summed E-state index contributed by atoms with van der Waals surface area (Å²) in [6.07, 6.45) is 1.41. The molecule has 1 aromatic heterocycles. The maximum atomic E-state index is 14.6. The number of anilines is 1. The Morgan fingerprint density at radius 1 is 1.03 bits per heavy atom. The molecule has 6 rings (SSSR count). The van der Waals surface area contributed by atoms with Crippen LogP contribution in [0.5, 0.6) is 17.2 Å². The summed E-state index contributed by atoms with van der Waals surface area (Å²) < 4.78 is 59.3. The summed E-state index contributed by atoms with van der Waals surface area (Å²) in [5.41, 5.74) is 0.748. The number of benzene rings is 2. The molecule has 1 saturated carbocycles. The van der Waals surface area contributed by atoms with E-state index in [2.05, 4.69) is 20.5 Å². The van der Waals surface area contributed by atoms with Crippen molar-refractivity contribution in [2.75, 3.05) is 38.2 Å². The Morgan fingerprint density at radius 2 is 1.82 bits per heavy atom. The Kier molecular flexibility index (Phi) is 6.54. The van der Waals surface area contributed by atoms with E-state index in [4.69, 9.17) is 14.2 Å². The number of morpholine rings is 1. The number of halogens is 3. The first-order valence-electron chi connectivity index (χ1n) is 12.4. The molecule has 2 N–H and O–H groups in total. The number of rotatable bonds is 6. The largest absolute Gasteiger partial charge is 0.490 e. The highest BCUT2D eigenvalue weighted by Crippen LogP contribution is 2.55. The van der Waals surface area contributed by atoms with E-state index in [-0.39, 0.29) is 47.4 Å². The SMILES string of the molecule is O=C(Nc1ccc(Oc2ccc(CN3CCOCC3)c(F)c2)cn1)N[C@@H]1[C@H]2COc3c(F)ccc(F)c3[C@@H]21. The number of aromatic nitrogens is 1. The first-order valence-corrected chi connectivity index (χ1v) is 12.4. The van der Waals surface area contributed by atoms with E-state index in [0.717, 1.165) is 25.2 Å². The summed E-state index contributed by atoms with van der Waals surface area (Å²) >= 11 is 0. The number of hydrogen-bond donors (Lipinski definition) is 2. The molecule has 2 amide bonds.